The molecule has 0 radical (unpaired) electrons. The molecule has 0 saturated carbocycles. The molecule has 410 valence electrons. The average molecular weight is 1100 g/mol. The molecular formula is C76H62N4O4. The van der Waals surface area contributed by atoms with Crippen LogP contribution in [-0.2, 0) is 9.47 Å². The van der Waals surface area contributed by atoms with Crippen molar-refractivity contribution in [1.82, 2.24) is 0 Å². The van der Waals surface area contributed by atoms with E-state index in [2.05, 4.69) is 146 Å². The van der Waals surface area contributed by atoms with Gasteiger partial charge in [-0.1, -0.05) is 232 Å². The molecule has 2 aliphatic carbocycles. The Kier molecular flexibility index (Phi) is 16.8. The van der Waals surface area contributed by atoms with E-state index in [1.165, 1.54) is 0 Å². The van der Waals surface area contributed by atoms with Gasteiger partial charge in [0.25, 0.3) is 0 Å². The molecule has 0 fully saturated rings. The van der Waals surface area contributed by atoms with Crippen molar-refractivity contribution in [3.63, 3.8) is 0 Å². The number of fused-ring (bicyclic) bond motifs is 6. The van der Waals surface area contributed by atoms with Crippen LogP contribution in [0.1, 0.15) is 104 Å². The van der Waals surface area contributed by atoms with E-state index < -0.39 is 0 Å². The number of para-hydroxylation sites is 2. The van der Waals surface area contributed by atoms with Gasteiger partial charge in [-0.05, 0) is 130 Å². The number of carbonyl (C=O) groups excluding carboxylic acids is 2. The first-order valence-electron chi connectivity index (χ1n) is 28.9. The molecule has 0 amide bonds. The van der Waals surface area contributed by atoms with E-state index in [0.717, 1.165) is 139 Å². The standard InChI is InChI=1S/C76H62N4O4/c81-75(59-43-49-69-71(53-59)65-31-17-19-33-67(65)73(69)77-79(61-27-13-7-14-28-61)63-45-39-57(40-46-63)37-35-55-23-9-5-10-24-55)83-51-21-3-1-2-4-22-52-84-76(82)60-44-50-70-72(54-60)66-32-18-20-34-68(66)74(70)78-80(62-29-15-8-16-30-62)64-47-41-58(42-48-64)38-36-56-25-11-6-12-26-56/h5-20,23-50,53-54H,1-4,21-22,51-52H2. The summed E-state index contributed by atoms with van der Waals surface area (Å²) >= 11 is 0. The number of hydrogen-bond donors (Lipinski definition) is 0. The summed E-state index contributed by atoms with van der Waals surface area (Å²) in [6, 6.07) is 85.7. The lowest BCUT2D eigenvalue weighted by molar-refractivity contribution is 0.0484. The smallest absolute Gasteiger partial charge is 0.338 e. The maximum absolute atomic E-state index is 13.5. The molecule has 0 aromatic heterocycles. The number of anilines is 4. The molecule has 0 aliphatic heterocycles. The quantitative estimate of drug-likeness (QED) is 0.0308. The predicted molar refractivity (Wildman–Crippen MR) is 344 cm³/mol. The van der Waals surface area contributed by atoms with Gasteiger partial charge in [0, 0.05) is 22.3 Å². The van der Waals surface area contributed by atoms with Crippen molar-refractivity contribution in [1.29, 1.82) is 0 Å². The second-order valence-corrected chi connectivity index (χ2v) is 20.9. The Morgan fingerprint density at radius 2 is 0.595 bits per heavy atom. The molecule has 8 heteroatoms. The highest BCUT2D eigenvalue weighted by Gasteiger charge is 2.29. The monoisotopic (exact) mass is 1090 g/mol. The number of carbonyl (C=O) groups is 2. The maximum Gasteiger partial charge on any atom is 0.338 e. The third-order valence-corrected chi connectivity index (χ3v) is 15.2. The number of esters is 2. The molecule has 12 rings (SSSR count). The second-order valence-electron chi connectivity index (χ2n) is 20.9. The predicted octanol–water partition coefficient (Wildman–Crippen LogP) is 18.5. The fourth-order valence-electron chi connectivity index (χ4n) is 10.8. The van der Waals surface area contributed by atoms with Gasteiger partial charge in [-0.25, -0.2) is 19.6 Å². The average Bonchev–Trinajstić information content (AvgIpc) is 3.16. The van der Waals surface area contributed by atoms with E-state index >= 15 is 0 Å². The van der Waals surface area contributed by atoms with Crippen molar-refractivity contribution in [2.24, 2.45) is 10.2 Å². The van der Waals surface area contributed by atoms with Crippen LogP contribution in [0, 0.1) is 0 Å². The Hall–Kier alpha value is -10.4. The molecule has 10 aromatic carbocycles. The van der Waals surface area contributed by atoms with Crippen molar-refractivity contribution < 1.29 is 19.1 Å². The molecule has 2 aliphatic rings. The number of rotatable bonds is 21. The number of unbranched alkanes of at least 4 members (excludes halogenated alkanes) is 5. The molecule has 0 bridgehead atoms. The number of hydrogen-bond acceptors (Lipinski definition) is 8. The highest BCUT2D eigenvalue weighted by atomic mass is 16.5. The van der Waals surface area contributed by atoms with E-state index in [-0.39, 0.29) is 11.9 Å². The Bertz CT molecular complexity index is 3780. The van der Waals surface area contributed by atoms with Crippen molar-refractivity contribution in [3.8, 4) is 22.3 Å². The minimum absolute atomic E-state index is 0.337. The number of ether oxygens (including phenoxy) is 2. The molecule has 10 aromatic rings. The molecule has 8 nitrogen and oxygen atoms in total. The zero-order valence-corrected chi connectivity index (χ0v) is 46.6. The summed E-state index contributed by atoms with van der Waals surface area (Å²) in [6.45, 7) is 0.685. The van der Waals surface area contributed by atoms with Crippen molar-refractivity contribution in [2.45, 2.75) is 38.5 Å². The summed E-state index contributed by atoms with van der Waals surface area (Å²) in [6.07, 6.45) is 13.8. The summed E-state index contributed by atoms with van der Waals surface area (Å²) in [5.41, 5.74) is 18.8. The molecule has 0 atom stereocenters. The van der Waals surface area contributed by atoms with Crippen LogP contribution < -0.4 is 10.0 Å². The van der Waals surface area contributed by atoms with Gasteiger partial charge in [0.15, 0.2) is 0 Å². The van der Waals surface area contributed by atoms with Gasteiger partial charge in [-0.3, -0.25) is 0 Å². The summed E-state index contributed by atoms with van der Waals surface area (Å²) in [5, 5.41) is 14.7. The largest absolute Gasteiger partial charge is 0.462 e. The number of benzene rings is 10. The lowest BCUT2D eigenvalue weighted by Gasteiger charge is -2.21. The Labute approximate surface area is 491 Å². The van der Waals surface area contributed by atoms with Crippen LogP contribution >= 0.6 is 0 Å². The topological polar surface area (TPSA) is 83.8 Å². The zero-order chi connectivity index (χ0) is 56.9. The molecule has 0 N–H and O–H groups in total. The Balaban J connectivity index is 0.624. The van der Waals surface area contributed by atoms with E-state index in [4.69, 9.17) is 19.7 Å². The molecule has 0 heterocycles. The van der Waals surface area contributed by atoms with Gasteiger partial charge in [0.2, 0.25) is 0 Å². The van der Waals surface area contributed by atoms with Crippen LogP contribution in [0.2, 0.25) is 0 Å². The SMILES string of the molecule is O=C(OCCCCCCCCOC(=O)c1ccc2c(c1)-c1ccccc1C2=NN(c1ccccc1)c1ccc(C=Cc2ccccc2)cc1)c1ccc2c(c1)-c1ccccc1C2=NN(c1ccccc1)c1ccc(C=Cc2ccccc2)cc1. The van der Waals surface area contributed by atoms with Gasteiger partial charge in [0.1, 0.15) is 0 Å². The molecule has 84 heavy (non-hydrogen) atoms. The summed E-state index contributed by atoms with van der Waals surface area (Å²) in [4.78, 5) is 27.0. The van der Waals surface area contributed by atoms with Crippen molar-refractivity contribution >= 4 is 70.4 Å². The lowest BCUT2D eigenvalue weighted by atomic mass is 10.0. The van der Waals surface area contributed by atoms with Crippen molar-refractivity contribution in [3.05, 3.63) is 310 Å². The highest BCUT2D eigenvalue weighted by molar-refractivity contribution is 6.26. The minimum Gasteiger partial charge on any atom is -0.462 e. The summed E-state index contributed by atoms with van der Waals surface area (Å²) in [5.74, 6) is -0.674. The van der Waals surface area contributed by atoms with Gasteiger partial charge >= 0.3 is 11.9 Å². The first-order valence-corrected chi connectivity index (χ1v) is 28.9. The third kappa shape index (κ3) is 12.5. The first-order chi connectivity index (χ1) is 41.5. The van der Waals surface area contributed by atoms with Gasteiger partial charge < -0.3 is 9.47 Å². The van der Waals surface area contributed by atoms with Crippen LogP contribution in [0.25, 0.3) is 46.6 Å². The van der Waals surface area contributed by atoms with E-state index in [1.807, 2.05) is 143 Å². The van der Waals surface area contributed by atoms with Gasteiger partial charge in [0.05, 0.1) is 58.5 Å². The number of nitrogens with zero attached hydrogens (tertiary/aromatic N) is 4. The van der Waals surface area contributed by atoms with E-state index in [9.17, 15) is 9.59 Å². The van der Waals surface area contributed by atoms with Crippen LogP contribution in [-0.4, -0.2) is 36.6 Å². The number of hydrazone groups is 2. The minimum atomic E-state index is -0.337. The van der Waals surface area contributed by atoms with Crippen LogP contribution in [0.5, 0.6) is 0 Å². The van der Waals surface area contributed by atoms with Crippen molar-refractivity contribution in [2.75, 3.05) is 23.2 Å². The molecule has 0 unspecified atom stereocenters. The van der Waals surface area contributed by atoms with Gasteiger partial charge in [-0.15, -0.1) is 0 Å². The maximum atomic E-state index is 13.5. The Morgan fingerprint density at radius 1 is 0.298 bits per heavy atom. The summed E-state index contributed by atoms with van der Waals surface area (Å²) in [7, 11) is 0. The normalized spacial score (nSPS) is 13.0. The van der Waals surface area contributed by atoms with Crippen LogP contribution in [0.15, 0.2) is 265 Å². The highest BCUT2D eigenvalue weighted by Crippen LogP contribution is 2.41. The van der Waals surface area contributed by atoms with E-state index in [0.29, 0.717) is 24.3 Å². The lowest BCUT2D eigenvalue weighted by Crippen LogP contribution is -2.14. The van der Waals surface area contributed by atoms with Crippen LogP contribution in [0.3, 0.4) is 0 Å². The van der Waals surface area contributed by atoms with Gasteiger partial charge in [-0.2, -0.15) is 10.2 Å². The van der Waals surface area contributed by atoms with E-state index in [1.54, 1.807) is 0 Å². The summed E-state index contributed by atoms with van der Waals surface area (Å²) < 4.78 is 11.7. The fourth-order valence-corrected chi connectivity index (χ4v) is 10.8. The fraction of sp³-hybridized carbons (Fsp3) is 0.105. The third-order valence-electron chi connectivity index (χ3n) is 15.2. The molecule has 0 spiro atoms. The zero-order valence-electron chi connectivity index (χ0n) is 46.6. The second kappa shape index (κ2) is 26.0. The Morgan fingerprint density at radius 3 is 0.976 bits per heavy atom. The first kappa shape index (κ1) is 54.2. The molecule has 0 saturated heterocycles. The van der Waals surface area contributed by atoms with Crippen LogP contribution in [0.4, 0.5) is 22.7 Å². The molecular weight excluding hydrogens is 1030 g/mol.